The zero-order valence-corrected chi connectivity index (χ0v) is 13.2. The summed E-state index contributed by atoms with van der Waals surface area (Å²) < 4.78 is 13.9. The molecule has 3 nitrogen and oxygen atoms in total. The molecule has 1 N–H and O–H groups in total. The second-order valence-corrected chi connectivity index (χ2v) is 6.45. The number of aromatic nitrogens is 1. The lowest BCUT2D eigenvalue weighted by atomic mass is 10.3. The van der Waals surface area contributed by atoms with E-state index in [1.807, 2.05) is 18.0 Å². The van der Waals surface area contributed by atoms with E-state index in [4.69, 9.17) is 0 Å². The maximum atomic E-state index is 13.9. The summed E-state index contributed by atoms with van der Waals surface area (Å²) in [5, 5.41) is 4.38. The van der Waals surface area contributed by atoms with Crippen molar-refractivity contribution in [2.45, 2.75) is 38.8 Å². The average molecular weight is 305 g/mol. The number of hydrogen-bond donors (Lipinski definition) is 1. The molecule has 1 saturated carbocycles. The lowest BCUT2D eigenvalue weighted by Crippen LogP contribution is -2.15. The van der Waals surface area contributed by atoms with Gasteiger partial charge >= 0.3 is 0 Å². The highest BCUT2D eigenvalue weighted by molar-refractivity contribution is 7.15. The molecule has 1 aliphatic carbocycles. The normalized spacial score (nSPS) is 14.4. The molecule has 3 rings (SSSR count). The third kappa shape index (κ3) is 3.24. The van der Waals surface area contributed by atoms with Gasteiger partial charge in [0.1, 0.15) is 5.82 Å². The van der Waals surface area contributed by atoms with Crippen molar-refractivity contribution in [3.05, 3.63) is 40.7 Å². The van der Waals surface area contributed by atoms with Crippen molar-refractivity contribution >= 4 is 22.2 Å². The van der Waals surface area contributed by atoms with Crippen molar-refractivity contribution in [3.8, 4) is 0 Å². The van der Waals surface area contributed by atoms with Crippen molar-refractivity contribution in [3.63, 3.8) is 0 Å². The smallest absolute Gasteiger partial charge is 0.190 e. The van der Waals surface area contributed by atoms with Gasteiger partial charge in [-0.05, 0) is 31.4 Å². The van der Waals surface area contributed by atoms with E-state index < -0.39 is 0 Å². The number of halogens is 1. The SMILES string of the molecule is CCc1nc(N(C)c2ccccc2F)sc1CNC1CC1. The predicted molar refractivity (Wildman–Crippen MR) is 85.8 cm³/mol. The molecule has 112 valence electrons. The summed E-state index contributed by atoms with van der Waals surface area (Å²) in [5.74, 6) is -0.217. The van der Waals surface area contributed by atoms with Crippen LogP contribution in [0.3, 0.4) is 0 Å². The van der Waals surface area contributed by atoms with Crippen molar-refractivity contribution in [1.29, 1.82) is 0 Å². The third-order valence-electron chi connectivity index (χ3n) is 3.73. The van der Waals surface area contributed by atoms with E-state index in [2.05, 4.69) is 17.2 Å². The van der Waals surface area contributed by atoms with Crippen LogP contribution >= 0.6 is 11.3 Å². The second kappa shape index (κ2) is 6.12. The number of anilines is 2. The topological polar surface area (TPSA) is 28.2 Å². The molecule has 1 aliphatic rings. The van der Waals surface area contributed by atoms with Gasteiger partial charge in [-0.25, -0.2) is 9.37 Å². The van der Waals surface area contributed by atoms with Crippen molar-refractivity contribution < 1.29 is 4.39 Å². The van der Waals surface area contributed by atoms with E-state index in [9.17, 15) is 4.39 Å². The highest BCUT2D eigenvalue weighted by atomic mass is 32.1. The van der Waals surface area contributed by atoms with Gasteiger partial charge < -0.3 is 10.2 Å². The van der Waals surface area contributed by atoms with Gasteiger partial charge in [0.2, 0.25) is 0 Å². The lowest BCUT2D eigenvalue weighted by Gasteiger charge is -2.16. The molecule has 1 aromatic carbocycles. The first-order valence-electron chi connectivity index (χ1n) is 7.39. The van der Waals surface area contributed by atoms with Crippen molar-refractivity contribution in [2.24, 2.45) is 0 Å². The van der Waals surface area contributed by atoms with Crippen LogP contribution < -0.4 is 10.2 Å². The highest BCUT2D eigenvalue weighted by Gasteiger charge is 2.22. The molecule has 5 heteroatoms. The fourth-order valence-corrected chi connectivity index (χ4v) is 3.35. The largest absolute Gasteiger partial charge is 0.318 e. The van der Waals surface area contributed by atoms with E-state index in [1.54, 1.807) is 23.5 Å². The third-order valence-corrected chi connectivity index (χ3v) is 4.91. The Morgan fingerprint density at radius 2 is 2.14 bits per heavy atom. The van der Waals surface area contributed by atoms with Crippen LogP contribution in [0.5, 0.6) is 0 Å². The maximum Gasteiger partial charge on any atom is 0.190 e. The molecule has 0 unspecified atom stereocenters. The minimum atomic E-state index is -0.217. The van der Waals surface area contributed by atoms with E-state index in [0.717, 1.165) is 23.8 Å². The fourth-order valence-electron chi connectivity index (χ4n) is 2.28. The molecule has 0 amide bonds. The Kier molecular flexibility index (Phi) is 4.22. The Labute approximate surface area is 128 Å². The standard InChI is InChI=1S/C16H20FN3S/c1-3-13-15(10-18-11-8-9-11)21-16(19-13)20(2)14-7-5-4-6-12(14)17/h4-7,11,18H,3,8-10H2,1-2H3. The van der Waals surface area contributed by atoms with E-state index in [0.29, 0.717) is 11.7 Å². The van der Waals surface area contributed by atoms with Crippen LogP contribution in [0.2, 0.25) is 0 Å². The summed E-state index contributed by atoms with van der Waals surface area (Å²) >= 11 is 1.65. The molecule has 0 saturated heterocycles. The van der Waals surface area contributed by atoms with Crippen LogP contribution in [0, 0.1) is 5.82 Å². The lowest BCUT2D eigenvalue weighted by molar-refractivity contribution is 0.627. The maximum absolute atomic E-state index is 13.9. The number of para-hydroxylation sites is 1. The fraction of sp³-hybridized carbons (Fsp3) is 0.438. The van der Waals surface area contributed by atoms with Gasteiger partial charge in [0.15, 0.2) is 5.13 Å². The van der Waals surface area contributed by atoms with Crippen LogP contribution in [-0.4, -0.2) is 18.1 Å². The zero-order chi connectivity index (χ0) is 14.8. The van der Waals surface area contributed by atoms with Crippen molar-refractivity contribution in [2.75, 3.05) is 11.9 Å². The highest BCUT2D eigenvalue weighted by Crippen LogP contribution is 2.32. The first kappa shape index (κ1) is 14.5. The van der Waals surface area contributed by atoms with Crippen LogP contribution in [0.1, 0.15) is 30.3 Å². The van der Waals surface area contributed by atoms with Gasteiger partial charge in [0, 0.05) is 24.5 Å². The van der Waals surface area contributed by atoms with Crippen LogP contribution in [0.4, 0.5) is 15.2 Å². The quantitative estimate of drug-likeness (QED) is 0.878. The summed E-state index contributed by atoms with van der Waals surface area (Å²) in [6, 6.07) is 7.50. The Hall–Kier alpha value is -1.46. The number of rotatable bonds is 6. The number of hydrogen-bond acceptors (Lipinski definition) is 4. The molecule has 0 radical (unpaired) electrons. The number of nitrogens with one attached hydrogen (secondary N) is 1. The Balaban J connectivity index is 1.82. The summed E-state index contributed by atoms with van der Waals surface area (Å²) in [6.07, 6.45) is 3.47. The Bertz CT molecular complexity index is 622. The first-order valence-corrected chi connectivity index (χ1v) is 8.21. The Morgan fingerprint density at radius 3 is 2.81 bits per heavy atom. The minimum absolute atomic E-state index is 0.217. The monoisotopic (exact) mass is 305 g/mol. The molecule has 1 heterocycles. The molecule has 1 aromatic heterocycles. The van der Waals surface area contributed by atoms with Crippen LogP contribution in [0.15, 0.2) is 24.3 Å². The van der Waals surface area contributed by atoms with Gasteiger partial charge in [-0.15, -0.1) is 0 Å². The summed E-state index contributed by atoms with van der Waals surface area (Å²) in [6.45, 7) is 2.99. The first-order chi connectivity index (χ1) is 10.2. The average Bonchev–Trinajstić information content (AvgIpc) is 3.23. The van der Waals surface area contributed by atoms with E-state index in [1.165, 1.54) is 23.8 Å². The molecular formula is C16H20FN3S. The molecule has 1 fully saturated rings. The van der Waals surface area contributed by atoms with E-state index >= 15 is 0 Å². The minimum Gasteiger partial charge on any atom is -0.318 e. The van der Waals surface area contributed by atoms with Crippen LogP contribution in [0.25, 0.3) is 0 Å². The van der Waals surface area contributed by atoms with Gasteiger partial charge in [-0.2, -0.15) is 0 Å². The van der Waals surface area contributed by atoms with Gasteiger partial charge in [0.25, 0.3) is 0 Å². The number of nitrogens with zero attached hydrogens (tertiary/aromatic N) is 2. The summed E-state index contributed by atoms with van der Waals surface area (Å²) in [7, 11) is 1.87. The van der Waals surface area contributed by atoms with E-state index in [-0.39, 0.29) is 5.82 Å². The molecule has 2 aromatic rings. The molecular weight excluding hydrogens is 285 g/mol. The number of thiazole rings is 1. The predicted octanol–water partition coefficient (Wildman–Crippen LogP) is 3.86. The molecule has 0 aliphatic heterocycles. The molecule has 0 atom stereocenters. The molecule has 0 spiro atoms. The van der Waals surface area contributed by atoms with Gasteiger partial charge in [0.05, 0.1) is 11.4 Å². The zero-order valence-electron chi connectivity index (χ0n) is 12.4. The second-order valence-electron chi connectivity index (χ2n) is 5.39. The van der Waals surface area contributed by atoms with Crippen LogP contribution in [-0.2, 0) is 13.0 Å². The Morgan fingerprint density at radius 1 is 1.38 bits per heavy atom. The number of aryl methyl sites for hydroxylation is 1. The van der Waals surface area contributed by atoms with Crippen molar-refractivity contribution in [1.82, 2.24) is 10.3 Å². The van der Waals surface area contributed by atoms with Gasteiger partial charge in [-0.1, -0.05) is 30.4 Å². The number of benzene rings is 1. The van der Waals surface area contributed by atoms with Gasteiger partial charge in [-0.3, -0.25) is 0 Å². The summed E-state index contributed by atoms with van der Waals surface area (Å²) in [4.78, 5) is 7.78. The molecule has 21 heavy (non-hydrogen) atoms. The summed E-state index contributed by atoms with van der Waals surface area (Å²) in [5.41, 5.74) is 1.68. The molecule has 0 bridgehead atoms.